The Morgan fingerprint density at radius 1 is 0.974 bits per heavy atom. The topological polar surface area (TPSA) is 86.8 Å². The number of benzene rings is 3. The minimum Gasteiger partial charge on any atom is -0.350 e. The molecule has 7 nitrogen and oxygen atoms in total. The number of amides is 2. The van der Waals surface area contributed by atoms with Gasteiger partial charge in [-0.2, -0.15) is 0 Å². The molecule has 0 radical (unpaired) electrons. The lowest BCUT2D eigenvalue weighted by Gasteiger charge is -2.33. The zero-order valence-electron chi connectivity index (χ0n) is 22.6. The molecule has 3 rings (SSSR count). The van der Waals surface area contributed by atoms with Crippen LogP contribution in [0, 0.1) is 12.7 Å². The lowest BCUT2D eigenvalue weighted by molar-refractivity contribution is -0.140. The molecule has 3 aromatic rings. The van der Waals surface area contributed by atoms with Gasteiger partial charge in [-0.25, -0.2) is 12.8 Å². The predicted molar refractivity (Wildman–Crippen MR) is 154 cm³/mol. The van der Waals surface area contributed by atoms with E-state index in [2.05, 4.69) is 21.2 Å². The molecule has 2 amide bonds. The maximum atomic E-state index is 15.0. The number of carbonyl (C=O) groups excluding carboxylic acids is 2. The molecule has 0 bridgehead atoms. The molecule has 0 spiro atoms. The van der Waals surface area contributed by atoms with Gasteiger partial charge < -0.3 is 10.2 Å². The molecule has 3 aromatic carbocycles. The standard InChI is InChI=1S/C29H33BrFN3O4S/c1-20-10-16-24(17-11-20)39(37,38)34(26-9-7-6-8-25(26)31)19-27(35)33(18-22-12-14-23(30)15-13-22)21(2)28(36)32-29(3,4)5/h6-17,21H,18-19H2,1-5H3,(H,32,36). The van der Waals surface area contributed by atoms with Gasteiger partial charge in [-0.15, -0.1) is 0 Å². The summed E-state index contributed by atoms with van der Waals surface area (Å²) in [5.41, 5.74) is 0.774. The van der Waals surface area contributed by atoms with Crippen molar-refractivity contribution in [1.82, 2.24) is 10.2 Å². The van der Waals surface area contributed by atoms with Crippen LogP contribution in [0.2, 0.25) is 0 Å². The van der Waals surface area contributed by atoms with Crippen LogP contribution in [0.4, 0.5) is 10.1 Å². The first-order valence-corrected chi connectivity index (χ1v) is 14.6. The van der Waals surface area contributed by atoms with Gasteiger partial charge >= 0.3 is 0 Å². The first-order chi connectivity index (χ1) is 18.2. The number of sulfonamides is 1. The Labute approximate surface area is 238 Å². The van der Waals surface area contributed by atoms with E-state index in [-0.39, 0.29) is 17.1 Å². The van der Waals surface area contributed by atoms with Crippen molar-refractivity contribution in [2.75, 3.05) is 10.8 Å². The Bertz CT molecular complexity index is 1420. The Morgan fingerprint density at radius 3 is 2.13 bits per heavy atom. The molecule has 0 fully saturated rings. The van der Waals surface area contributed by atoms with Crippen molar-refractivity contribution in [2.24, 2.45) is 0 Å². The van der Waals surface area contributed by atoms with E-state index in [1.807, 2.05) is 39.8 Å². The van der Waals surface area contributed by atoms with Crippen LogP contribution in [-0.4, -0.2) is 43.3 Å². The van der Waals surface area contributed by atoms with E-state index in [0.717, 1.165) is 26.0 Å². The molecular weight excluding hydrogens is 585 g/mol. The van der Waals surface area contributed by atoms with E-state index >= 15 is 0 Å². The van der Waals surface area contributed by atoms with Crippen LogP contribution in [0.1, 0.15) is 38.8 Å². The van der Waals surface area contributed by atoms with E-state index in [1.165, 1.54) is 35.2 Å². The van der Waals surface area contributed by atoms with Crippen LogP contribution < -0.4 is 9.62 Å². The molecule has 1 N–H and O–H groups in total. The highest BCUT2D eigenvalue weighted by molar-refractivity contribution is 9.10. The number of halogens is 2. The normalized spacial score (nSPS) is 12.5. The van der Waals surface area contributed by atoms with Crippen LogP contribution >= 0.6 is 15.9 Å². The summed E-state index contributed by atoms with van der Waals surface area (Å²) < 4.78 is 44.1. The highest BCUT2D eigenvalue weighted by atomic mass is 79.9. The van der Waals surface area contributed by atoms with Crippen LogP contribution in [0.3, 0.4) is 0 Å². The van der Waals surface area contributed by atoms with E-state index in [4.69, 9.17) is 0 Å². The van der Waals surface area contributed by atoms with Crippen molar-refractivity contribution in [3.8, 4) is 0 Å². The number of hydrogen-bond acceptors (Lipinski definition) is 4. The third-order valence-corrected chi connectivity index (χ3v) is 8.24. The fourth-order valence-electron chi connectivity index (χ4n) is 3.85. The number of rotatable bonds is 9. The molecule has 0 saturated heterocycles. The summed E-state index contributed by atoms with van der Waals surface area (Å²) in [5, 5.41) is 2.87. The summed E-state index contributed by atoms with van der Waals surface area (Å²) in [7, 11) is -4.34. The second-order valence-electron chi connectivity index (χ2n) is 10.3. The minimum absolute atomic E-state index is 0.0422. The van der Waals surface area contributed by atoms with Crippen LogP contribution in [-0.2, 0) is 26.2 Å². The zero-order chi connectivity index (χ0) is 29.0. The van der Waals surface area contributed by atoms with E-state index in [1.54, 1.807) is 31.2 Å². The molecule has 39 heavy (non-hydrogen) atoms. The zero-order valence-corrected chi connectivity index (χ0v) is 25.0. The van der Waals surface area contributed by atoms with Crippen molar-refractivity contribution in [3.63, 3.8) is 0 Å². The smallest absolute Gasteiger partial charge is 0.264 e. The summed E-state index contributed by atoms with van der Waals surface area (Å²) in [4.78, 5) is 28.2. The van der Waals surface area contributed by atoms with Crippen LogP contribution in [0.15, 0.2) is 82.2 Å². The average Bonchev–Trinajstić information content (AvgIpc) is 2.86. The van der Waals surface area contributed by atoms with Gasteiger partial charge in [0.2, 0.25) is 11.8 Å². The van der Waals surface area contributed by atoms with Gasteiger partial charge in [0, 0.05) is 16.6 Å². The van der Waals surface area contributed by atoms with Crippen LogP contribution in [0.5, 0.6) is 0 Å². The Morgan fingerprint density at radius 2 is 1.56 bits per heavy atom. The number of anilines is 1. The molecule has 0 saturated carbocycles. The Balaban J connectivity index is 2.04. The number of aryl methyl sites for hydroxylation is 1. The van der Waals surface area contributed by atoms with Crippen molar-refractivity contribution >= 4 is 43.5 Å². The SMILES string of the molecule is Cc1ccc(S(=O)(=O)N(CC(=O)N(Cc2ccc(Br)cc2)C(C)C(=O)NC(C)(C)C)c2ccccc2F)cc1. The number of para-hydroxylation sites is 1. The highest BCUT2D eigenvalue weighted by Crippen LogP contribution is 2.27. The first-order valence-electron chi connectivity index (χ1n) is 12.4. The molecule has 1 unspecified atom stereocenters. The van der Waals surface area contributed by atoms with Gasteiger partial charge in [-0.05, 0) is 76.6 Å². The summed E-state index contributed by atoms with van der Waals surface area (Å²) in [6, 6.07) is 17.8. The second-order valence-corrected chi connectivity index (χ2v) is 13.1. The molecular formula is C29H33BrFN3O4S. The average molecular weight is 619 g/mol. The summed E-state index contributed by atoms with van der Waals surface area (Å²) in [6.45, 7) is 8.21. The molecule has 1 atom stereocenters. The van der Waals surface area contributed by atoms with Crippen LogP contribution in [0.25, 0.3) is 0 Å². The van der Waals surface area contributed by atoms with E-state index in [0.29, 0.717) is 0 Å². The molecule has 0 heterocycles. The number of hydrogen-bond donors (Lipinski definition) is 1. The summed E-state index contributed by atoms with van der Waals surface area (Å²) >= 11 is 3.39. The maximum absolute atomic E-state index is 15.0. The molecule has 0 aliphatic carbocycles. The Hall–Kier alpha value is -3.24. The van der Waals surface area contributed by atoms with Gasteiger partial charge in [-0.3, -0.25) is 13.9 Å². The second kappa shape index (κ2) is 12.3. The molecule has 0 aliphatic heterocycles. The van der Waals surface area contributed by atoms with Gasteiger partial charge in [-0.1, -0.05) is 57.9 Å². The van der Waals surface area contributed by atoms with Gasteiger partial charge in [0.25, 0.3) is 10.0 Å². The molecule has 0 aromatic heterocycles. The summed E-state index contributed by atoms with van der Waals surface area (Å²) in [5.74, 6) is -1.85. The first kappa shape index (κ1) is 30.3. The summed E-state index contributed by atoms with van der Waals surface area (Å²) in [6.07, 6.45) is 0. The lowest BCUT2D eigenvalue weighted by Crippen LogP contribution is -2.54. The third-order valence-electron chi connectivity index (χ3n) is 5.94. The molecule has 208 valence electrons. The van der Waals surface area contributed by atoms with Crippen molar-refractivity contribution in [2.45, 2.75) is 57.6 Å². The quantitative estimate of drug-likeness (QED) is 0.347. The van der Waals surface area contributed by atoms with Crippen molar-refractivity contribution in [1.29, 1.82) is 0 Å². The molecule has 0 aliphatic rings. The minimum atomic E-state index is -4.34. The highest BCUT2D eigenvalue weighted by Gasteiger charge is 2.34. The van der Waals surface area contributed by atoms with Gasteiger partial charge in [0.1, 0.15) is 18.4 Å². The van der Waals surface area contributed by atoms with Gasteiger partial charge in [0.05, 0.1) is 10.6 Å². The Kier molecular flexibility index (Phi) is 9.55. The number of nitrogens with one attached hydrogen (secondary N) is 1. The van der Waals surface area contributed by atoms with Gasteiger partial charge in [0.15, 0.2) is 0 Å². The molecule has 10 heteroatoms. The fraction of sp³-hybridized carbons (Fsp3) is 0.310. The van der Waals surface area contributed by atoms with E-state index < -0.39 is 45.8 Å². The maximum Gasteiger partial charge on any atom is 0.264 e. The van der Waals surface area contributed by atoms with Crippen molar-refractivity contribution < 1.29 is 22.4 Å². The number of carbonyl (C=O) groups is 2. The van der Waals surface area contributed by atoms with E-state index in [9.17, 15) is 22.4 Å². The third kappa shape index (κ3) is 7.89. The van der Waals surface area contributed by atoms with Crippen molar-refractivity contribution in [3.05, 3.63) is 94.2 Å². The lowest BCUT2D eigenvalue weighted by atomic mass is 10.1. The number of nitrogens with zero attached hydrogens (tertiary/aromatic N) is 2. The largest absolute Gasteiger partial charge is 0.350 e. The monoisotopic (exact) mass is 617 g/mol. The predicted octanol–water partition coefficient (Wildman–Crippen LogP) is 5.42. The fourth-order valence-corrected chi connectivity index (χ4v) is 5.53.